The van der Waals surface area contributed by atoms with Gasteiger partial charge >= 0.3 is 0 Å². The highest BCUT2D eigenvalue weighted by Crippen LogP contribution is 2.38. The van der Waals surface area contributed by atoms with E-state index in [-0.39, 0.29) is 0 Å². The molecule has 0 aromatic carbocycles. The Kier molecular flexibility index (Phi) is 3.48. The lowest BCUT2D eigenvalue weighted by molar-refractivity contribution is -0.124. The molecule has 0 amide bonds. The van der Waals surface area contributed by atoms with Crippen LogP contribution in [0.3, 0.4) is 0 Å². The summed E-state index contributed by atoms with van der Waals surface area (Å²) >= 11 is 3.44. The summed E-state index contributed by atoms with van der Waals surface area (Å²) in [6, 6.07) is 0. The number of aliphatic hydroxyl groups is 1. The van der Waals surface area contributed by atoms with Gasteiger partial charge in [-0.25, -0.2) is 3.93 Å². The molecule has 0 unspecified atom stereocenters. The monoisotopic (exact) mass is 275 g/mol. The first-order valence-corrected chi connectivity index (χ1v) is 6.46. The number of carbonyl (C=O) groups excluding carboxylic acids is 1. The van der Waals surface area contributed by atoms with Gasteiger partial charge in [-0.2, -0.15) is 0 Å². The van der Waals surface area contributed by atoms with E-state index in [1.54, 1.807) is 0 Å². The molecule has 1 saturated heterocycles. The third kappa shape index (κ3) is 2.60. The SMILES string of the molecule is O=C1CCC(C2(O)CCN(Br)CC2)CC1. The average Bonchev–Trinajstić information content (AvgIpc) is 2.24. The number of nitrogens with zero attached hydrogens (tertiary/aromatic N) is 1. The molecule has 86 valence electrons. The lowest BCUT2D eigenvalue weighted by atomic mass is 9.72. The molecule has 2 aliphatic rings. The Labute approximate surface area is 99.2 Å². The van der Waals surface area contributed by atoms with Crippen LogP contribution in [0.5, 0.6) is 0 Å². The van der Waals surface area contributed by atoms with Gasteiger partial charge in [-0.05, 0) is 31.6 Å². The number of carbonyl (C=O) groups is 1. The van der Waals surface area contributed by atoms with Crippen LogP contribution in [0.4, 0.5) is 0 Å². The Morgan fingerprint density at radius 3 is 2.33 bits per heavy atom. The fourth-order valence-electron chi connectivity index (χ4n) is 2.75. The first-order valence-electron chi connectivity index (χ1n) is 5.75. The van der Waals surface area contributed by atoms with Gasteiger partial charge < -0.3 is 5.11 Å². The predicted octanol–water partition coefficient (Wildman–Crippen LogP) is 1.88. The Bertz CT molecular complexity index is 239. The van der Waals surface area contributed by atoms with Crippen LogP contribution < -0.4 is 0 Å². The number of halogens is 1. The molecular formula is C11H18BrNO2. The molecule has 1 heterocycles. The highest BCUT2D eigenvalue weighted by Gasteiger charge is 2.40. The van der Waals surface area contributed by atoms with E-state index >= 15 is 0 Å². The summed E-state index contributed by atoms with van der Waals surface area (Å²) in [7, 11) is 0. The Balaban J connectivity index is 1.94. The molecule has 0 radical (unpaired) electrons. The number of Topliss-reactive ketones (excluding diaryl/α,β-unsaturated/α-hetero) is 1. The molecule has 0 spiro atoms. The number of hydrogen-bond donors (Lipinski definition) is 1. The van der Waals surface area contributed by atoms with Crippen molar-refractivity contribution in [2.75, 3.05) is 13.1 Å². The quantitative estimate of drug-likeness (QED) is 0.743. The maximum absolute atomic E-state index is 11.2. The molecule has 1 saturated carbocycles. The van der Waals surface area contributed by atoms with Crippen molar-refractivity contribution in [3.63, 3.8) is 0 Å². The summed E-state index contributed by atoms with van der Waals surface area (Å²) < 4.78 is 2.08. The largest absolute Gasteiger partial charge is 0.390 e. The van der Waals surface area contributed by atoms with Gasteiger partial charge in [0.15, 0.2) is 0 Å². The van der Waals surface area contributed by atoms with Crippen molar-refractivity contribution in [3.05, 3.63) is 0 Å². The zero-order valence-electron chi connectivity index (χ0n) is 8.91. The Hall–Kier alpha value is 0.0700. The minimum absolute atomic E-state index is 0.344. The van der Waals surface area contributed by atoms with E-state index in [0.29, 0.717) is 24.5 Å². The number of rotatable bonds is 1. The van der Waals surface area contributed by atoms with E-state index in [0.717, 1.165) is 38.8 Å². The van der Waals surface area contributed by atoms with E-state index in [1.165, 1.54) is 0 Å². The normalized spacial score (nSPS) is 29.3. The minimum Gasteiger partial charge on any atom is -0.390 e. The van der Waals surface area contributed by atoms with Crippen molar-refractivity contribution >= 4 is 21.9 Å². The lowest BCUT2D eigenvalue weighted by Crippen LogP contribution is -2.47. The van der Waals surface area contributed by atoms with Crippen molar-refractivity contribution in [2.24, 2.45) is 5.92 Å². The maximum atomic E-state index is 11.2. The lowest BCUT2D eigenvalue weighted by Gasteiger charge is -2.42. The molecule has 0 atom stereocenters. The summed E-state index contributed by atoms with van der Waals surface area (Å²) in [5.74, 6) is 0.712. The van der Waals surface area contributed by atoms with Gasteiger partial charge in [0, 0.05) is 42.1 Å². The summed E-state index contributed by atoms with van der Waals surface area (Å²) in [6.45, 7) is 1.81. The Morgan fingerprint density at radius 1 is 1.27 bits per heavy atom. The van der Waals surface area contributed by atoms with Gasteiger partial charge in [0.2, 0.25) is 0 Å². The molecule has 4 heteroatoms. The third-order valence-electron chi connectivity index (χ3n) is 3.88. The van der Waals surface area contributed by atoms with Crippen LogP contribution in [0, 0.1) is 5.92 Å². The van der Waals surface area contributed by atoms with Crippen molar-refractivity contribution in [1.82, 2.24) is 3.93 Å². The second-order valence-electron chi connectivity index (χ2n) is 4.83. The molecule has 0 bridgehead atoms. The van der Waals surface area contributed by atoms with Crippen LogP contribution in [0.15, 0.2) is 0 Å². The first-order chi connectivity index (χ1) is 7.10. The first kappa shape index (κ1) is 11.6. The van der Waals surface area contributed by atoms with Crippen LogP contribution in [-0.2, 0) is 4.79 Å². The standard InChI is InChI=1S/C11H18BrNO2/c12-13-7-5-11(15,6-8-13)9-1-3-10(14)4-2-9/h9,15H,1-8H2. The molecule has 1 aliphatic carbocycles. The van der Waals surface area contributed by atoms with E-state index < -0.39 is 5.60 Å². The highest BCUT2D eigenvalue weighted by atomic mass is 79.9. The van der Waals surface area contributed by atoms with Crippen LogP contribution in [-0.4, -0.2) is 33.5 Å². The van der Waals surface area contributed by atoms with Crippen LogP contribution in [0.2, 0.25) is 0 Å². The van der Waals surface area contributed by atoms with Gasteiger partial charge in [-0.3, -0.25) is 4.79 Å². The summed E-state index contributed by atoms with van der Waals surface area (Å²) in [5.41, 5.74) is -0.509. The molecule has 15 heavy (non-hydrogen) atoms. The molecular weight excluding hydrogens is 258 g/mol. The topological polar surface area (TPSA) is 40.5 Å². The van der Waals surface area contributed by atoms with E-state index in [2.05, 4.69) is 20.1 Å². The van der Waals surface area contributed by atoms with E-state index in [4.69, 9.17) is 0 Å². The second-order valence-corrected chi connectivity index (χ2v) is 5.83. The van der Waals surface area contributed by atoms with Crippen LogP contribution in [0.1, 0.15) is 38.5 Å². The van der Waals surface area contributed by atoms with Gasteiger partial charge in [0.05, 0.1) is 5.60 Å². The van der Waals surface area contributed by atoms with Gasteiger partial charge in [0.1, 0.15) is 5.78 Å². The van der Waals surface area contributed by atoms with Crippen LogP contribution in [0.25, 0.3) is 0 Å². The van der Waals surface area contributed by atoms with Gasteiger partial charge in [0.25, 0.3) is 0 Å². The van der Waals surface area contributed by atoms with Crippen molar-refractivity contribution in [1.29, 1.82) is 0 Å². The fourth-order valence-corrected chi connectivity index (χ4v) is 3.11. The third-order valence-corrected chi connectivity index (χ3v) is 4.59. The minimum atomic E-state index is -0.509. The molecule has 0 aromatic heterocycles. The number of ketones is 1. The van der Waals surface area contributed by atoms with Crippen molar-refractivity contribution in [3.8, 4) is 0 Å². The van der Waals surface area contributed by atoms with Gasteiger partial charge in [-0.15, -0.1) is 0 Å². The zero-order valence-corrected chi connectivity index (χ0v) is 10.5. The molecule has 2 rings (SSSR count). The van der Waals surface area contributed by atoms with E-state index in [1.807, 2.05) is 0 Å². The Morgan fingerprint density at radius 2 is 1.80 bits per heavy atom. The van der Waals surface area contributed by atoms with Gasteiger partial charge in [-0.1, -0.05) is 0 Å². The summed E-state index contributed by atoms with van der Waals surface area (Å²) in [5, 5.41) is 10.5. The van der Waals surface area contributed by atoms with Crippen molar-refractivity contribution in [2.45, 2.75) is 44.1 Å². The van der Waals surface area contributed by atoms with Crippen molar-refractivity contribution < 1.29 is 9.90 Å². The fraction of sp³-hybridized carbons (Fsp3) is 0.909. The molecule has 1 N–H and O–H groups in total. The molecule has 1 aliphatic heterocycles. The molecule has 2 fully saturated rings. The average molecular weight is 276 g/mol. The van der Waals surface area contributed by atoms with E-state index in [9.17, 15) is 9.90 Å². The molecule has 3 nitrogen and oxygen atoms in total. The predicted molar refractivity (Wildman–Crippen MR) is 61.6 cm³/mol. The molecule has 0 aromatic rings. The second kappa shape index (κ2) is 4.52. The summed E-state index contributed by atoms with van der Waals surface area (Å²) in [4.78, 5) is 11.2. The highest BCUT2D eigenvalue weighted by molar-refractivity contribution is 9.07. The number of piperidine rings is 1. The number of hydrogen-bond acceptors (Lipinski definition) is 3. The summed E-state index contributed by atoms with van der Waals surface area (Å²) in [6.07, 6.45) is 4.78. The van der Waals surface area contributed by atoms with Crippen LogP contribution >= 0.6 is 16.1 Å². The zero-order chi connectivity index (χ0) is 10.9. The maximum Gasteiger partial charge on any atom is 0.132 e. The smallest absolute Gasteiger partial charge is 0.132 e.